The van der Waals surface area contributed by atoms with E-state index in [-0.39, 0.29) is 0 Å². The zero-order chi connectivity index (χ0) is 27.8. The van der Waals surface area contributed by atoms with Crippen molar-refractivity contribution in [3.8, 4) is 0 Å². The van der Waals surface area contributed by atoms with E-state index in [2.05, 4.69) is 0 Å². The molecule has 0 amide bonds. The van der Waals surface area contributed by atoms with E-state index in [4.69, 9.17) is 9.47 Å². The molecule has 0 unspecified atom stereocenters. The minimum atomic E-state index is -4.36. The van der Waals surface area contributed by atoms with Gasteiger partial charge in [0, 0.05) is 0 Å². The Bertz CT molecular complexity index is 736. The third-order valence-electron chi connectivity index (χ3n) is 7.46. The van der Waals surface area contributed by atoms with E-state index < -0.39 is 109 Å². The van der Waals surface area contributed by atoms with Crippen LogP contribution in [0.4, 0.5) is 0 Å². The van der Waals surface area contributed by atoms with Gasteiger partial charge in [0.15, 0.2) is 11.2 Å². The number of aliphatic hydroxyl groups is 16. The molecule has 16 atom stereocenters. The van der Waals surface area contributed by atoms with E-state index in [9.17, 15) is 81.7 Å². The van der Waals surface area contributed by atoms with Crippen LogP contribution in [0.15, 0.2) is 0 Å². The second kappa shape index (κ2) is 9.48. The highest BCUT2D eigenvalue weighted by Gasteiger charge is 2.86. The van der Waals surface area contributed by atoms with Gasteiger partial charge in [-0.3, -0.25) is 0 Å². The van der Waals surface area contributed by atoms with Gasteiger partial charge < -0.3 is 91.2 Å². The third-order valence-corrected chi connectivity index (χ3v) is 7.46. The van der Waals surface area contributed by atoms with Crippen LogP contribution < -0.4 is 0 Å². The Hall–Kier alpha value is -0.720. The first-order valence-electron chi connectivity index (χ1n) is 10.7. The molecule has 3 fully saturated rings. The average Bonchev–Trinajstić information content (AvgIpc) is 2.86. The third kappa shape index (κ3) is 3.45. The summed E-state index contributed by atoms with van der Waals surface area (Å²) in [6.07, 6.45) is -31.5. The summed E-state index contributed by atoms with van der Waals surface area (Å²) in [7, 11) is 0. The molecule has 0 aromatic carbocycles. The van der Waals surface area contributed by atoms with Crippen molar-refractivity contribution in [1.82, 2.24) is 0 Å². The largest absolute Gasteiger partial charge is 0.394 e. The summed E-state index contributed by atoms with van der Waals surface area (Å²) in [6.45, 7) is -2.51. The van der Waals surface area contributed by atoms with Gasteiger partial charge in [0.2, 0.25) is 11.6 Å². The lowest BCUT2D eigenvalue weighted by molar-refractivity contribution is -0.508. The minimum Gasteiger partial charge on any atom is -0.394 e. The van der Waals surface area contributed by atoms with Gasteiger partial charge in [0.25, 0.3) is 0 Å². The van der Waals surface area contributed by atoms with Crippen molar-refractivity contribution < 1.29 is 91.2 Å². The highest BCUT2D eigenvalue weighted by Crippen LogP contribution is 2.55. The van der Waals surface area contributed by atoms with E-state index in [1.165, 1.54) is 0 Å². The first-order chi connectivity index (χ1) is 16.4. The summed E-state index contributed by atoms with van der Waals surface area (Å²) in [5, 5.41) is 168. The van der Waals surface area contributed by atoms with Gasteiger partial charge in [0.1, 0.15) is 73.2 Å². The Morgan fingerprint density at radius 3 is 0.917 bits per heavy atom. The normalized spacial score (nSPS) is 60.7. The molecule has 0 bridgehead atoms. The maximum Gasteiger partial charge on any atom is 0.231 e. The lowest BCUT2D eigenvalue weighted by Gasteiger charge is -2.66. The number of hydrogen-bond acceptors (Lipinski definition) is 18. The van der Waals surface area contributed by atoms with Crippen LogP contribution in [0.3, 0.4) is 0 Å². The molecule has 1 saturated carbocycles. The molecule has 16 N–H and O–H groups in total. The van der Waals surface area contributed by atoms with Crippen LogP contribution in [0.5, 0.6) is 0 Å². The maximum absolute atomic E-state index is 11.6. The quantitative estimate of drug-likeness (QED) is 0.158. The van der Waals surface area contributed by atoms with Crippen LogP contribution in [0.2, 0.25) is 0 Å². The molecule has 2 heterocycles. The summed E-state index contributed by atoms with van der Waals surface area (Å²) in [5.41, 5.74) is -8.71. The molecule has 36 heavy (non-hydrogen) atoms. The highest BCUT2D eigenvalue weighted by molar-refractivity contribution is 5.30. The number of rotatable bonds is 4. The molecule has 3 rings (SSSR count). The molecule has 1 aliphatic carbocycles. The Morgan fingerprint density at radius 2 is 0.667 bits per heavy atom. The fourth-order valence-electron chi connectivity index (χ4n) is 5.23. The lowest BCUT2D eigenvalue weighted by Crippen LogP contribution is -2.95. The molecule has 0 aromatic rings. The maximum atomic E-state index is 11.6. The van der Waals surface area contributed by atoms with E-state index in [0.29, 0.717) is 0 Å². The molecule has 18 nitrogen and oxygen atoms in total. The molecule has 212 valence electrons. The van der Waals surface area contributed by atoms with Crippen molar-refractivity contribution in [3.63, 3.8) is 0 Å². The second-order valence-corrected chi connectivity index (χ2v) is 9.33. The molecule has 2 aliphatic heterocycles. The molecular weight excluding hydrogens is 504 g/mol. The minimum absolute atomic E-state index is 1.26. The highest BCUT2D eigenvalue weighted by atomic mass is 16.7. The number of hydrogen-bond donors (Lipinski definition) is 16. The molecule has 0 aromatic heterocycles. The monoisotopic (exact) mass is 536 g/mol. The number of ether oxygens (including phenoxy) is 2. The standard InChI is InChI=1S/C18H32O18/c19-1-3-5(21)7(23)13(29)17(33,35-3)15(31)11(27)9(25)10(26)12(28)16(15,32)18(34)14(30)8(24)6(22)4(2-20)36-18/h3-14,19-34H,1-2H2/t3-,4-,5-,6-,7+,8+,9-,10-,11-,12+,13+,14+,15-,16+,17-,18+/m1/s1. The first-order valence-corrected chi connectivity index (χ1v) is 10.7. The zero-order valence-electron chi connectivity index (χ0n) is 18.3. The molecule has 0 radical (unpaired) electrons. The zero-order valence-corrected chi connectivity index (χ0v) is 18.3. The Labute approximate surface area is 201 Å². The van der Waals surface area contributed by atoms with Crippen LogP contribution in [-0.2, 0) is 9.47 Å². The van der Waals surface area contributed by atoms with Crippen LogP contribution in [0.25, 0.3) is 0 Å². The molecule has 2 saturated heterocycles. The van der Waals surface area contributed by atoms with Crippen molar-refractivity contribution in [2.75, 3.05) is 13.2 Å². The first kappa shape index (κ1) is 29.8. The molecular formula is C18H32O18. The molecule has 18 heteroatoms. The van der Waals surface area contributed by atoms with Gasteiger partial charge in [-0.15, -0.1) is 0 Å². The second-order valence-electron chi connectivity index (χ2n) is 9.33. The Balaban J connectivity index is 2.33. The van der Waals surface area contributed by atoms with Crippen molar-refractivity contribution in [3.05, 3.63) is 0 Å². The van der Waals surface area contributed by atoms with Crippen molar-refractivity contribution in [1.29, 1.82) is 0 Å². The van der Waals surface area contributed by atoms with E-state index >= 15 is 0 Å². The SMILES string of the molecule is OC[C@H]1O[C@](O)([C@]2(O)[C@@H](O)[C@H](O)[C@@H](O)[C@@H](O)[C@]2(O)[C@]2(O)O[C@H](CO)[C@@H](O)[C@H](O)[C@@H]2O)[C@@H](O)[C@@H](O)[C@@H]1O. The van der Waals surface area contributed by atoms with Gasteiger partial charge in [-0.25, -0.2) is 0 Å². The summed E-state index contributed by atoms with van der Waals surface area (Å²) in [4.78, 5) is 0. The molecule has 3 aliphatic rings. The number of aliphatic hydroxyl groups excluding tert-OH is 12. The van der Waals surface area contributed by atoms with E-state index in [1.54, 1.807) is 0 Å². The summed E-state index contributed by atoms with van der Waals surface area (Å²) in [5.74, 6) is -8.19. The van der Waals surface area contributed by atoms with Crippen LogP contribution >= 0.6 is 0 Å². The van der Waals surface area contributed by atoms with Gasteiger partial charge in [-0.05, 0) is 0 Å². The smallest absolute Gasteiger partial charge is 0.231 e. The topological polar surface area (TPSA) is 342 Å². The van der Waals surface area contributed by atoms with Crippen molar-refractivity contribution >= 4 is 0 Å². The van der Waals surface area contributed by atoms with Crippen molar-refractivity contribution in [2.24, 2.45) is 0 Å². The van der Waals surface area contributed by atoms with Crippen LogP contribution in [0.1, 0.15) is 0 Å². The van der Waals surface area contributed by atoms with E-state index in [1.807, 2.05) is 0 Å². The summed E-state index contributed by atoms with van der Waals surface area (Å²) >= 11 is 0. The van der Waals surface area contributed by atoms with Crippen molar-refractivity contribution in [2.45, 2.75) is 96.0 Å². The predicted molar refractivity (Wildman–Crippen MR) is 104 cm³/mol. The van der Waals surface area contributed by atoms with Gasteiger partial charge in [-0.2, -0.15) is 0 Å². The van der Waals surface area contributed by atoms with Crippen LogP contribution in [0, 0.1) is 0 Å². The molecule has 0 spiro atoms. The van der Waals surface area contributed by atoms with Gasteiger partial charge in [0.05, 0.1) is 13.2 Å². The van der Waals surface area contributed by atoms with Crippen LogP contribution in [-0.4, -0.2) is 191 Å². The Kier molecular flexibility index (Phi) is 7.86. The predicted octanol–water partition coefficient (Wildman–Crippen LogP) is -10.8. The fraction of sp³-hybridized carbons (Fsp3) is 1.00. The lowest BCUT2D eigenvalue weighted by atomic mass is 9.55. The van der Waals surface area contributed by atoms with Gasteiger partial charge >= 0.3 is 0 Å². The van der Waals surface area contributed by atoms with E-state index in [0.717, 1.165) is 0 Å². The van der Waals surface area contributed by atoms with Gasteiger partial charge in [-0.1, -0.05) is 0 Å². The summed E-state index contributed by atoms with van der Waals surface area (Å²) < 4.78 is 9.79. The summed E-state index contributed by atoms with van der Waals surface area (Å²) in [6, 6.07) is 0. The fourth-order valence-corrected chi connectivity index (χ4v) is 5.23. The Morgan fingerprint density at radius 1 is 0.417 bits per heavy atom. The average molecular weight is 536 g/mol.